The van der Waals surface area contributed by atoms with Crippen LogP contribution >= 0.6 is 0 Å². The lowest BCUT2D eigenvalue weighted by atomic mass is 9.88. The van der Waals surface area contributed by atoms with Gasteiger partial charge >= 0.3 is 0 Å². The lowest BCUT2D eigenvalue weighted by Gasteiger charge is -2.34. The fraction of sp³-hybridized carbons (Fsp3) is 0.857. The van der Waals surface area contributed by atoms with E-state index in [2.05, 4.69) is 18.3 Å². The molecule has 3 N–H and O–H groups in total. The zero-order valence-electron chi connectivity index (χ0n) is 10.6. The minimum Gasteiger partial charge on any atom is -0.329 e. The Kier molecular flexibility index (Phi) is 4.04. The van der Waals surface area contributed by atoms with E-state index >= 15 is 0 Å². The molecule has 0 radical (unpaired) electrons. The van der Waals surface area contributed by atoms with E-state index in [1.807, 2.05) is 0 Å². The largest absolute Gasteiger partial charge is 0.329 e. The van der Waals surface area contributed by atoms with Crippen molar-refractivity contribution in [2.75, 3.05) is 13.1 Å². The van der Waals surface area contributed by atoms with Gasteiger partial charge in [-0.3, -0.25) is 0 Å². The molecule has 2 atom stereocenters. The normalized spacial score (nSPS) is 34.4. The summed E-state index contributed by atoms with van der Waals surface area (Å²) in [6.07, 6.45) is 11.6. The van der Waals surface area contributed by atoms with Crippen molar-refractivity contribution in [3.8, 4) is 0 Å². The molecule has 0 aliphatic heterocycles. The van der Waals surface area contributed by atoms with Gasteiger partial charge in [0.2, 0.25) is 0 Å². The first-order chi connectivity index (χ1) is 7.77. The van der Waals surface area contributed by atoms with Gasteiger partial charge in [0, 0.05) is 12.1 Å². The smallest absolute Gasteiger partial charge is 0.0329 e. The van der Waals surface area contributed by atoms with Crippen LogP contribution in [0.5, 0.6) is 0 Å². The number of hydrogen-bond acceptors (Lipinski definition) is 2. The Morgan fingerprint density at radius 2 is 2.38 bits per heavy atom. The monoisotopic (exact) mass is 222 g/mol. The third-order valence-corrected chi connectivity index (χ3v) is 4.63. The fourth-order valence-electron chi connectivity index (χ4n) is 3.32. The summed E-state index contributed by atoms with van der Waals surface area (Å²) in [5.74, 6) is 0.745. The molecule has 2 rings (SSSR count). The predicted octanol–water partition coefficient (Wildman–Crippen LogP) is 2.59. The summed E-state index contributed by atoms with van der Waals surface area (Å²) >= 11 is 0. The molecule has 92 valence electrons. The second-order valence-electron chi connectivity index (χ2n) is 5.58. The molecule has 1 fully saturated rings. The summed E-state index contributed by atoms with van der Waals surface area (Å²) in [5, 5.41) is 3.76. The van der Waals surface area contributed by atoms with Crippen molar-refractivity contribution >= 4 is 0 Å². The van der Waals surface area contributed by atoms with Crippen molar-refractivity contribution in [1.82, 2.24) is 5.32 Å². The van der Waals surface area contributed by atoms with Gasteiger partial charge in [-0.05, 0) is 51.0 Å². The lowest BCUT2D eigenvalue weighted by molar-refractivity contribution is 0.268. The van der Waals surface area contributed by atoms with E-state index in [9.17, 15) is 0 Å². The van der Waals surface area contributed by atoms with Crippen molar-refractivity contribution in [3.05, 3.63) is 11.6 Å². The van der Waals surface area contributed by atoms with Crippen LogP contribution < -0.4 is 11.1 Å². The lowest BCUT2D eigenvalue weighted by Crippen LogP contribution is -2.53. The van der Waals surface area contributed by atoms with Crippen molar-refractivity contribution in [1.29, 1.82) is 0 Å². The Morgan fingerprint density at radius 1 is 1.50 bits per heavy atom. The van der Waals surface area contributed by atoms with E-state index in [0.717, 1.165) is 19.0 Å². The summed E-state index contributed by atoms with van der Waals surface area (Å²) in [4.78, 5) is 0. The van der Waals surface area contributed by atoms with E-state index in [0.29, 0.717) is 0 Å². The Morgan fingerprint density at radius 3 is 2.94 bits per heavy atom. The van der Waals surface area contributed by atoms with Gasteiger partial charge in [-0.25, -0.2) is 0 Å². The second kappa shape index (κ2) is 5.33. The molecule has 1 saturated carbocycles. The maximum atomic E-state index is 5.98. The molecule has 2 aliphatic rings. The highest BCUT2D eigenvalue weighted by Crippen LogP contribution is 2.34. The molecule has 2 unspecified atom stereocenters. The molecule has 0 aromatic rings. The molecule has 0 aromatic carbocycles. The van der Waals surface area contributed by atoms with Crippen molar-refractivity contribution in [2.24, 2.45) is 11.7 Å². The van der Waals surface area contributed by atoms with E-state index < -0.39 is 0 Å². The van der Waals surface area contributed by atoms with Gasteiger partial charge in [-0.1, -0.05) is 25.0 Å². The molecule has 2 aliphatic carbocycles. The van der Waals surface area contributed by atoms with Crippen LogP contribution in [0.4, 0.5) is 0 Å². The summed E-state index contributed by atoms with van der Waals surface area (Å²) in [7, 11) is 0. The zero-order valence-corrected chi connectivity index (χ0v) is 10.6. The Bertz CT molecular complexity index is 259. The molecule has 0 bridgehead atoms. The van der Waals surface area contributed by atoms with Gasteiger partial charge in [0.15, 0.2) is 0 Å². The minimum atomic E-state index is 0.249. The minimum absolute atomic E-state index is 0.249. The Hall–Kier alpha value is -0.340. The molecule has 2 heteroatoms. The zero-order chi connectivity index (χ0) is 11.4. The summed E-state index contributed by atoms with van der Waals surface area (Å²) in [5.41, 5.74) is 7.88. The van der Waals surface area contributed by atoms with Crippen molar-refractivity contribution in [3.63, 3.8) is 0 Å². The van der Waals surface area contributed by atoms with Gasteiger partial charge in [0.1, 0.15) is 0 Å². The first-order valence-corrected chi connectivity index (χ1v) is 6.90. The van der Waals surface area contributed by atoms with E-state index in [1.165, 1.54) is 44.9 Å². The fourth-order valence-corrected chi connectivity index (χ4v) is 3.32. The first kappa shape index (κ1) is 12.1. The molecule has 0 amide bonds. The standard InChI is InChI=1S/C14H26N2/c1-12-5-4-9-14(12,11-15)16-10-8-13-6-2-3-7-13/h6,12,16H,2-5,7-11,15H2,1H3. The number of hydrogen-bond donors (Lipinski definition) is 2. The molecule has 2 nitrogen and oxygen atoms in total. The van der Waals surface area contributed by atoms with Crippen LogP contribution in [0.15, 0.2) is 11.6 Å². The van der Waals surface area contributed by atoms with E-state index in [4.69, 9.17) is 5.73 Å². The molecule has 0 heterocycles. The Labute approximate surface area is 99.7 Å². The number of nitrogens with one attached hydrogen (secondary N) is 1. The van der Waals surface area contributed by atoms with Crippen LogP contribution in [0.1, 0.15) is 51.9 Å². The van der Waals surface area contributed by atoms with Gasteiger partial charge in [0.25, 0.3) is 0 Å². The predicted molar refractivity (Wildman–Crippen MR) is 69.4 cm³/mol. The highest BCUT2D eigenvalue weighted by atomic mass is 15.0. The summed E-state index contributed by atoms with van der Waals surface area (Å²) in [6, 6.07) is 0. The van der Waals surface area contributed by atoms with E-state index in [-0.39, 0.29) is 5.54 Å². The quantitative estimate of drug-likeness (QED) is 0.702. The molecule has 0 saturated heterocycles. The molecule has 16 heavy (non-hydrogen) atoms. The maximum absolute atomic E-state index is 5.98. The maximum Gasteiger partial charge on any atom is 0.0329 e. The Balaban J connectivity index is 1.78. The highest BCUT2D eigenvalue weighted by Gasteiger charge is 2.38. The van der Waals surface area contributed by atoms with Crippen LogP contribution in [0.3, 0.4) is 0 Å². The molecule has 0 spiro atoms. The topological polar surface area (TPSA) is 38.0 Å². The second-order valence-corrected chi connectivity index (χ2v) is 5.58. The highest BCUT2D eigenvalue weighted by molar-refractivity contribution is 5.08. The van der Waals surface area contributed by atoms with Crippen LogP contribution in [0.2, 0.25) is 0 Å². The number of nitrogens with two attached hydrogens (primary N) is 1. The van der Waals surface area contributed by atoms with Crippen LogP contribution in [0.25, 0.3) is 0 Å². The first-order valence-electron chi connectivity index (χ1n) is 6.90. The van der Waals surface area contributed by atoms with Gasteiger partial charge in [-0.2, -0.15) is 0 Å². The number of rotatable bonds is 5. The third kappa shape index (κ3) is 2.49. The van der Waals surface area contributed by atoms with Crippen LogP contribution in [-0.4, -0.2) is 18.6 Å². The van der Waals surface area contributed by atoms with Gasteiger partial charge < -0.3 is 11.1 Å². The average Bonchev–Trinajstić information content (AvgIpc) is 2.90. The van der Waals surface area contributed by atoms with Crippen LogP contribution in [-0.2, 0) is 0 Å². The van der Waals surface area contributed by atoms with Crippen molar-refractivity contribution in [2.45, 2.75) is 57.4 Å². The SMILES string of the molecule is CC1CCCC1(CN)NCCC1=CCCC1. The molecule has 0 aromatic heterocycles. The number of allylic oxidation sites excluding steroid dienone is 1. The van der Waals surface area contributed by atoms with E-state index in [1.54, 1.807) is 5.57 Å². The molecular formula is C14H26N2. The third-order valence-electron chi connectivity index (χ3n) is 4.63. The van der Waals surface area contributed by atoms with Gasteiger partial charge in [0.05, 0.1) is 0 Å². The van der Waals surface area contributed by atoms with Crippen LogP contribution in [0, 0.1) is 5.92 Å². The molecular weight excluding hydrogens is 196 g/mol. The van der Waals surface area contributed by atoms with Gasteiger partial charge in [-0.15, -0.1) is 0 Å². The summed E-state index contributed by atoms with van der Waals surface area (Å²) in [6.45, 7) is 4.27. The average molecular weight is 222 g/mol. The summed E-state index contributed by atoms with van der Waals surface area (Å²) < 4.78 is 0. The van der Waals surface area contributed by atoms with Crippen molar-refractivity contribution < 1.29 is 0 Å².